The van der Waals surface area contributed by atoms with Crippen molar-refractivity contribution in [1.29, 1.82) is 0 Å². The molecule has 5 heteroatoms. The lowest BCUT2D eigenvalue weighted by Crippen LogP contribution is -2.06. The number of nitrogens with zero attached hydrogens (tertiary/aromatic N) is 2. The summed E-state index contributed by atoms with van der Waals surface area (Å²) in [5.74, 6) is -0.0221. The smallest absolute Gasteiger partial charge is 0.132 e. The third-order valence-electron chi connectivity index (χ3n) is 3.09. The number of hydrogen-bond donors (Lipinski definition) is 1. The third-order valence-corrected chi connectivity index (χ3v) is 3.09. The Morgan fingerprint density at radius 1 is 1.40 bits per heavy atom. The van der Waals surface area contributed by atoms with E-state index >= 15 is 0 Å². The quantitative estimate of drug-likeness (QED) is 0.914. The number of aliphatic hydroxyl groups is 1. The summed E-state index contributed by atoms with van der Waals surface area (Å²) in [6.07, 6.45) is -0.826. The van der Waals surface area contributed by atoms with Gasteiger partial charge in [-0.1, -0.05) is 0 Å². The molecule has 2 rings (SSSR count). The Labute approximate surface area is 117 Å². The molecule has 0 amide bonds. The molecule has 20 heavy (non-hydrogen) atoms. The van der Waals surface area contributed by atoms with Crippen LogP contribution in [-0.2, 0) is 13.2 Å². The molecule has 0 spiro atoms. The Kier molecular flexibility index (Phi) is 4.39. The average Bonchev–Trinajstić information content (AvgIpc) is 2.76. The van der Waals surface area contributed by atoms with Gasteiger partial charge >= 0.3 is 0 Å². The maximum atomic E-state index is 13.7. The Morgan fingerprint density at radius 3 is 2.75 bits per heavy atom. The van der Waals surface area contributed by atoms with E-state index in [0.717, 1.165) is 17.9 Å². The van der Waals surface area contributed by atoms with Gasteiger partial charge in [-0.2, -0.15) is 5.10 Å². The molecule has 0 saturated heterocycles. The molecular formula is C15H19FN2O2. The molecule has 1 unspecified atom stereocenters. The fourth-order valence-electron chi connectivity index (χ4n) is 2.08. The fraction of sp³-hybridized carbons (Fsp3) is 0.400. The second-order valence-electron chi connectivity index (χ2n) is 4.74. The van der Waals surface area contributed by atoms with E-state index in [1.807, 2.05) is 24.6 Å². The lowest BCUT2D eigenvalue weighted by atomic mass is 10.1. The second-order valence-corrected chi connectivity index (χ2v) is 4.74. The molecule has 0 aliphatic heterocycles. The summed E-state index contributed by atoms with van der Waals surface area (Å²) < 4.78 is 21.2. The molecule has 108 valence electrons. The topological polar surface area (TPSA) is 47.3 Å². The molecule has 0 aliphatic rings. The largest absolute Gasteiger partial charge is 0.487 e. The predicted molar refractivity (Wildman–Crippen MR) is 74.0 cm³/mol. The van der Waals surface area contributed by atoms with Crippen molar-refractivity contribution < 1.29 is 14.2 Å². The van der Waals surface area contributed by atoms with Crippen molar-refractivity contribution >= 4 is 0 Å². The number of aliphatic hydroxyl groups excluding tert-OH is 1. The van der Waals surface area contributed by atoms with E-state index in [0.29, 0.717) is 12.4 Å². The molecule has 1 aromatic carbocycles. The van der Waals surface area contributed by atoms with Gasteiger partial charge in [-0.15, -0.1) is 0 Å². The molecule has 2 aromatic rings. The zero-order valence-corrected chi connectivity index (χ0v) is 11.9. The molecule has 0 aliphatic carbocycles. The van der Waals surface area contributed by atoms with E-state index in [1.165, 1.54) is 19.1 Å². The van der Waals surface area contributed by atoms with Gasteiger partial charge in [-0.3, -0.25) is 4.68 Å². The first-order valence-corrected chi connectivity index (χ1v) is 6.65. The molecule has 1 atom stereocenters. The van der Waals surface area contributed by atoms with E-state index in [4.69, 9.17) is 4.74 Å². The van der Waals surface area contributed by atoms with Crippen LogP contribution in [0.5, 0.6) is 5.75 Å². The minimum atomic E-state index is -0.826. The van der Waals surface area contributed by atoms with Crippen LogP contribution in [-0.4, -0.2) is 14.9 Å². The van der Waals surface area contributed by atoms with Crippen LogP contribution in [0, 0.1) is 12.7 Å². The van der Waals surface area contributed by atoms with Crippen LogP contribution in [0.4, 0.5) is 4.39 Å². The zero-order chi connectivity index (χ0) is 14.7. The SMILES string of the molecule is CCn1nc(C)cc1COc1ccc(C(C)O)c(F)c1. The first-order chi connectivity index (χ1) is 9.51. The number of benzene rings is 1. The van der Waals surface area contributed by atoms with E-state index in [-0.39, 0.29) is 5.56 Å². The van der Waals surface area contributed by atoms with Gasteiger partial charge in [-0.05, 0) is 39.0 Å². The number of hydrogen-bond acceptors (Lipinski definition) is 3. The van der Waals surface area contributed by atoms with Crippen LogP contribution in [0.25, 0.3) is 0 Å². The van der Waals surface area contributed by atoms with Gasteiger partial charge < -0.3 is 9.84 Å². The monoisotopic (exact) mass is 278 g/mol. The maximum absolute atomic E-state index is 13.7. The Bertz CT molecular complexity index is 594. The van der Waals surface area contributed by atoms with E-state index in [2.05, 4.69) is 5.10 Å². The maximum Gasteiger partial charge on any atom is 0.132 e. The van der Waals surface area contributed by atoms with Gasteiger partial charge in [-0.25, -0.2) is 4.39 Å². The van der Waals surface area contributed by atoms with Gasteiger partial charge in [0.05, 0.1) is 17.5 Å². The number of aromatic nitrogens is 2. The van der Waals surface area contributed by atoms with Gasteiger partial charge in [0, 0.05) is 18.2 Å². The summed E-state index contributed by atoms with van der Waals surface area (Å²) in [5, 5.41) is 13.7. The van der Waals surface area contributed by atoms with Crippen LogP contribution in [0.3, 0.4) is 0 Å². The van der Waals surface area contributed by atoms with Gasteiger partial charge in [0.2, 0.25) is 0 Å². The molecule has 0 bridgehead atoms. The second kappa shape index (κ2) is 6.05. The van der Waals surface area contributed by atoms with Crippen molar-refractivity contribution in [3.05, 3.63) is 47.0 Å². The summed E-state index contributed by atoms with van der Waals surface area (Å²) in [6.45, 7) is 6.56. The Hall–Kier alpha value is -1.88. The standard InChI is InChI=1S/C15H19FN2O2/c1-4-18-12(7-10(2)17-18)9-20-13-5-6-14(11(3)19)15(16)8-13/h5-8,11,19H,4,9H2,1-3H3. The van der Waals surface area contributed by atoms with E-state index < -0.39 is 11.9 Å². The van der Waals surface area contributed by atoms with Crippen LogP contribution < -0.4 is 4.74 Å². The van der Waals surface area contributed by atoms with E-state index in [9.17, 15) is 9.50 Å². The molecule has 1 heterocycles. The fourth-order valence-corrected chi connectivity index (χ4v) is 2.08. The van der Waals surface area contributed by atoms with Crippen molar-refractivity contribution in [2.45, 2.75) is 40.0 Å². The highest BCUT2D eigenvalue weighted by Gasteiger charge is 2.10. The summed E-state index contributed by atoms with van der Waals surface area (Å²) >= 11 is 0. The average molecular weight is 278 g/mol. The number of rotatable bonds is 5. The van der Waals surface area contributed by atoms with Crippen LogP contribution >= 0.6 is 0 Å². The van der Waals surface area contributed by atoms with Crippen LogP contribution in [0.15, 0.2) is 24.3 Å². The highest BCUT2D eigenvalue weighted by molar-refractivity contribution is 5.30. The lowest BCUT2D eigenvalue weighted by Gasteiger charge is -2.10. The molecule has 0 saturated carbocycles. The predicted octanol–water partition coefficient (Wildman–Crippen LogP) is 2.98. The van der Waals surface area contributed by atoms with Gasteiger partial charge in [0.1, 0.15) is 18.2 Å². The normalized spacial score (nSPS) is 12.4. The van der Waals surface area contributed by atoms with Crippen molar-refractivity contribution in [3.63, 3.8) is 0 Å². The Morgan fingerprint density at radius 2 is 2.15 bits per heavy atom. The first kappa shape index (κ1) is 14.5. The summed E-state index contributed by atoms with van der Waals surface area (Å²) in [5.41, 5.74) is 2.15. The molecule has 1 aromatic heterocycles. The van der Waals surface area contributed by atoms with Gasteiger partial charge in [0.25, 0.3) is 0 Å². The highest BCUT2D eigenvalue weighted by Crippen LogP contribution is 2.22. The molecule has 4 nitrogen and oxygen atoms in total. The van der Waals surface area contributed by atoms with Crippen LogP contribution in [0.1, 0.15) is 36.9 Å². The Balaban J connectivity index is 2.09. The van der Waals surface area contributed by atoms with Gasteiger partial charge in [0.15, 0.2) is 0 Å². The molecule has 0 radical (unpaired) electrons. The number of ether oxygens (including phenoxy) is 1. The van der Waals surface area contributed by atoms with Crippen molar-refractivity contribution in [1.82, 2.24) is 9.78 Å². The summed E-state index contributed by atoms with van der Waals surface area (Å²) in [4.78, 5) is 0. The first-order valence-electron chi connectivity index (χ1n) is 6.65. The molecule has 1 N–H and O–H groups in total. The van der Waals surface area contributed by atoms with Crippen molar-refractivity contribution in [3.8, 4) is 5.75 Å². The van der Waals surface area contributed by atoms with Crippen LogP contribution in [0.2, 0.25) is 0 Å². The molecular weight excluding hydrogens is 259 g/mol. The lowest BCUT2D eigenvalue weighted by molar-refractivity contribution is 0.193. The van der Waals surface area contributed by atoms with E-state index in [1.54, 1.807) is 6.07 Å². The van der Waals surface area contributed by atoms with Crippen molar-refractivity contribution in [2.75, 3.05) is 0 Å². The summed E-state index contributed by atoms with van der Waals surface area (Å²) in [6, 6.07) is 6.44. The zero-order valence-electron chi connectivity index (χ0n) is 11.9. The van der Waals surface area contributed by atoms with Crippen molar-refractivity contribution in [2.24, 2.45) is 0 Å². The number of halogens is 1. The summed E-state index contributed by atoms with van der Waals surface area (Å²) in [7, 11) is 0. The third kappa shape index (κ3) is 3.17. The molecule has 0 fully saturated rings. The minimum absolute atomic E-state index is 0.270. The number of aryl methyl sites for hydroxylation is 2. The highest BCUT2D eigenvalue weighted by atomic mass is 19.1. The minimum Gasteiger partial charge on any atom is -0.487 e.